The molecule has 0 unspecified atom stereocenters. The molecule has 0 radical (unpaired) electrons. The van der Waals surface area contributed by atoms with Crippen molar-refractivity contribution in [1.82, 2.24) is 8.87 Å². The molecule has 3 aromatic rings. The zero-order valence-corrected chi connectivity index (χ0v) is 20.4. The van der Waals surface area contributed by atoms with Crippen molar-refractivity contribution in [1.29, 1.82) is 0 Å². The Morgan fingerprint density at radius 1 is 0.914 bits per heavy atom. The van der Waals surface area contributed by atoms with Crippen molar-refractivity contribution in [3.8, 4) is 0 Å². The van der Waals surface area contributed by atoms with Gasteiger partial charge >= 0.3 is 5.76 Å². The fourth-order valence-electron chi connectivity index (χ4n) is 4.84. The number of amides is 1. The van der Waals surface area contributed by atoms with Crippen LogP contribution in [0.2, 0.25) is 0 Å². The summed E-state index contributed by atoms with van der Waals surface area (Å²) in [6.45, 7) is 3.25. The number of nitrogens with zero attached hydrogens (tertiary/aromatic N) is 3. The molecule has 1 aromatic heterocycles. The van der Waals surface area contributed by atoms with Gasteiger partial charge < -0.3 is 14.6 Å². The van der Waals surface area contributed by atoms with Crippen LogP contribution < -0.4 is 16.0 Å². The van der Waals surface area contributed by atoms with Gasteiger partial charge in [-0.05, 0) is 68.5 Å². The molecule has 0 bridgehead atoms. The van der Waals surface area contributed by atoms with Crippen molar-refractivity contribution in [3.05, 3.63) is 53.0 Å². The quantitative estimate of drug-likeness (QED) is 0.535. The van der Waals surface area contributed by atoms with Crippen LogP contribution in [-0.2, 0) is 21.4 Å². The molecule has 35 heavy (non-hydrogen) atoms. The molecular formula is C25H30N4O5S. The van der Waals surface area contributed by atoms with E-state index >= 15 is 0 Å². The van der Waals surface area contributed by atoms with Gasteiger partial charge in [0, 0.05) is 56.6 Å². The van der Waals surface area contributed by atoms with Crippen LogP contribution >= 0.6 is 0 Å². The molecule has 1 N–H and O–H groups in total. The second kappa shape index (κ2) is 9.87. The minimum Gasteiger partial charge on any atom is -0.408 e. The summed E-state index contributed by atoms with van der Waals surface area (Å²) in [4.78, 5) is 27.4. The average Bonchev–Trinajstić information content (AvgIpc) is 3.52. The Kier molecular flexibility index (Phi) is 6.66. The van der Waals surface area contributed by atoms with Crippen molar-refractivity contribution in [2.75, 3.05) is 36.4 Å². The third-order valence-corrected chi connectivity index (χ3v) is 8.67. The number of anilines is 2. The van der Waals surface area contributed by atoms with Gasteiger partial charge in [-0.3, -0.25) is 9.36 Å². The number of benzene rings is 2. The number of rotatable bonds is 7. The van der Waals surface area contributed by atoms with Crippen LogP contribution in [0.3, 0.4) is 0 Å². The van der Waals surface area contributed by atoms with E-state index in [0.29, 0.717) is 24.3 Å². The second-order valence-electron chi connectivity index (χ2n) is 9.15. The van der Waals surface area contributed by atoms with Crippen molar-refractivity contribution >= 4 is 38.4 Å². The number of piperidine rings is 1. The summed E-state index contributed by atoms with van der Waals surface area (Å²) in [5, 5.41) is 2.87. The Hall–Kier alpha value is -3.11. The summed E-state index contributed by atoms with van der Waals surface area (Å²) >= 11 is 0. The SMILES string of the molecule is O=C(CCn1c(=O)oc2cc(S(=O)(=O)N3CCCC3)ccc21)Nc1ccc(N2CCCCC2)cc1. The van der Waals surface area contributed by atoms with Crippen LogP contribution in [0, 0.1) is 0 Å². The van der Waals surface area contributed by atoms with E-state index in [9.17, 15) is 18.0 Å². The molecule has 2 aliphatic rings. The first-order valence-electron chi connectivity index (χ1n) is 12.2. The predicted molar refractivity (Wildman–Crippen MR) is 134 cm³/mol. The van der Waals surface area contributed by atoms with Gasteiger partial charge in [-0.25, -0.2) is 13.2 Å². The second-order valence-corrected chi connectivity index (χ2v) is 11.1. The number of sulfonamides is 1. The van der Waals surface area contributed by atoms with E-state index in [1.165, 1.54) is 40.3 Å². The minimum atomic E-state index is -3.61. The van der Waals surface area contributed by atoms with E-state index in [-0.39, 0.29) is 29.4 Å². The summed E-state index contributed by atoms with van der Waals surface area (Å²) in [7, 11) is -3.61. The standard InChI is InChI=1S/C25H30N4O5S/c30-24(26-19-6-8-20(9-7-19)27-13-2-1-3-14-27)12-17-29-22-11-10-21(18-23(22)34-25(29)31)35(32,33)28-15-4-5-16-28/h6-11,18H,1-5,12-17H2,(H,26,30). The first kappa shape index (κ1) is 23.6. The van der Waals surface area contributed by atoms with Crippen molar-refractivity contribution in [2.24, 2.45) is 0 Å². The van der Waals surface area contributed by atoms with Gasteiger partial charge in [-0.2, -0.15) is 4.31 Å². The normalized spacial score (nSPS) is 17.2. The van der Waals surface area contributed by atoms with Crippen LogP contribution in [-0.4, -0.2) is 49.4 Å². The first-order chi connectivity index (χ1) is 16.9. The molecule has 3 heterocycles. The summed E-state index contributed by atoms with van der Waals surface area (Å²) in [6, 6.07) is 12.3. The molecular weight excluding hydrogens is 468 g/mol. The Morgan fingerprint density at radius 2 is 1.60 bits per heavy atom. The molecule has 0 spiro atoms. The maximum atomic E-state index is 12.8. The number of aryl methyl sites for hydroxylation is 1. The minimum absolute atomic E-state index is 0.0796. The average molecular weight is 499 g/mol. The number of nitrogens with one attached hydrogen (secondary N) is 1. The zero-order valence-electron chi connectivity index (χ0n) is 19.6. The molecule has 5 rings (SSSR count). The lowest BCUT2D eigenvalue weighted by atomic mass is 10.1. The Morgan fingerprint density at radius 3 is 2.31 bits per heavy atom. The van der Waals surface area contributed by atoms with Crippen LogP contribution in [0.25, 0.3) is 11.1 Å². The number of fused-ring (bicyclic) bond motifs is 1. The van der Waals surface area contributed by atoms with Crippen molar-refractivity contribution < 1.29 is 17.6 Å². The molecule has 2 aliphatic heterocycles. The fraction of sp³-hybridized carbons (Fsp3) is 0.440. The molecule has 2 fully saturated rings. The fourth-order valence-corrected chi connectivity index (χ4v) is 6.37. The monoisotopic (exact) mass is 498 g/mol. The maximum Gasteiger partial charge on any atom is 0.419 e. The Labute approximate surface area is 204 Å². The highest BCUT2D eigenvalue weighted by molar-refractivity contribution is 7.89. The van der Waals surface area contributed by atoms with Crippen molar-refractivity contribution in [3.63, 3.8) is 0 Å². The summed E-state index contributed by atoms with van der Waals surface area (Å²) in [6.07, 6.45) is 5.45. The van der Waals surface area contributed by atoms with E-state index in [1.807, 2.05) is 24.3 Å². The summed E-state index contributed by atoms with van der Waals surface area (Å²) in [5.74, 6) is -0.834. The molecule has 2 aromatic carbocycles. The Bertz CT molecular complexity index is 1370. The maximum absolute atomic E-state index is 12.8. The highest BCUT2D eigenvalue weighted by Crippen LogP contribution is 2.25. The van der Waals surface area contributed by atoms with Crippen LogP contribution in [0.1, 0.15) is 38.5 Å². The number of aromatic nitrogens is 1. The van der Waals surface area contributed by atoms with Gasteiger partial charge in [-0.1, -0.05) is 0 Å². The third-order valence-electron chi connectivity index (χ3n) is 6.78. The Balaban J connectivity index is 1.23. The molecule has 186 valence electrons. The molecule has 0 atom stereocenters. The highest BCUT2D eigenvalue weighted by Gasteiger charge is 2.28. The molecule has 0 saturated carbocycles. The van der Waals surface area contributed by atoms with Gasteiger partial charge in [0.05, 0.1) is 10.4 Å². The van der Waals surface area contributed by atoms with Gasteiger partial charge in [0.1, 0.15) is 0 Å². The number of carbonyl (C=O) groups is 1. The van der Waals surface area contributed by atoms with Gasteiger partial charge in [0.2, 0.25) is 15.9 Å². The van der Waals surface area contributed by atoms with E-state index in [1.54, 1.807) is 6.07 Å². The summed E-state index contributed by atoms with van der Waals surface area (Å²) in [5.41, 5.74) is 2.53. The highest BCUT2D eigenvalue weighted by atomic mass is 32.2. The molecule has 10 heteroatoms. The van der Waals surface area contributed by atoms with Gasteiger partial charge in [0.25, 0.3) is 0 Å². The van der Waals surface area contributed by atoms with Crippen LogP contribution in [0.5, 0.6) is 0 Å². The number of hydrogen-bond acceptors (Lipinski definition) is 6. The smallest absolute Gasteiger partial charge is 0.408 e. The lowest BCUT2D eigenvalue weighted by molar-refractivity contribution is -0.116. The molecule has 2 saturated heterocycles. The van der Waals surface area contributed by atoms with E-state index < -0.39 is 15.8 Å². The molecule has 1 amide bonds. The predicted octanol–water partition coefficient (Wildman–Crippen LogP) is 3.40. The zero-order chi connectivity index (χ0) is 24.4. The molecule has 0 aliphatic carbocycles. The molecule has 9 nitrogen and oxygen atoms in total. The topological polar surface area (TPSA) is 105 Å². The largest absolute Gasteiger partial charge is 0.419 e. The first-order valence-corrected chi connectivity index (χ1v) is 13.6. The lowest BCUT2D eigenvalue weighted by Crippen LogP contribution is -2.29. The lowest BCUT2D eigenvalue weighted by Gasteiger charge is -2.28. The van der Waals surface area contributed by atoms with Gasteiger partial charge in [-0.15, -0.1) is 0 Å². The third kappa shape index (κ3) is 4.99. The number of oxazole rings is 1. The number of hydrogen-bond donors (Lipinski definition) is 1. The van der Waals surface area contributed by atoms with Gasteiger partial charge in [0.15, 0.2) is 5.58 Å². The van der Waals surface area contributed by atoms with Crippen LogP contribution in [0.15, 0.2) is 56.6 Å². The van der Waals surface area contributed by atoms with E-state index in [0.717, 1.165) is 31.6 Å². The number of carbonyl (C=O) groups excluding carboxylic acids is 1. The van der Waals surface area contributed by atoms with Crippen LogP contribution in [0.4, 0.5) is 11.4 Å². The van der Waals surface area contributed by atoms with Crippen molar-refractivity contribution in [2.45, 2.75) is 50.0 Å². The van der Waals surface area contributed by atoms with E-state index in [2.05, 4.69) is 10.2 Å². The summed E-state index contributed by atoms with van der Waals surface area (Å²) < 4.78 is 33.7. The van der Waals surface area contributed by atoms with E-state index in [4.69, 9.17) is 4.42 Å².